The minimum Gasteiger partial charge on any atom is -0.756 e. The number of esters is 2. The van der Waals surface area contributed by atoms with Crippen molar-refractivity contribution in [1.29, 1.82) is 0 Å². The summed E-state index contributed by atoms with van der Waals surface area (Å²) < 4.78 is 80.2. The standard InChI is InChI=1S/C43H72F3IN3O9P/c1-5-6-7-8-9-10-11-12-13-14-16-19-23-26-41(52)57-34-38(35-59-60(53,54)58-31-29-50(2,3)4)55-30-24-21-18-15-17-20-22-25-40(51)56-33-36-27-28-37(32-39(36)47)42(48-49-42)43(44,45)46/h27-28,32,38H,5-26,29-31,33-35H2,1-4H3/t38-/m1/s1/i47-2. The number of nitrogens with zero attached hydrogens (tertiary/aromatic N) is 3. The number of ether oxygens (including phenoxy) is 3. The number of quaternary nitrogens is 1. The number of halogens is 4. The van der Waals surface area contributed by atoms with Crippen molar-refractivity contribution in [2.45, 2.75) is 173 Å². The highest BCUT2D eigenvalue weighted by atomic mass is 125. The van der Waals surface area contributed by atoms with Crippen molar-refractivity contribution in [2.24, 2.45) is 10.2 Å². The van der Waals surface area contributed by atoms with Gasteiger partial charge in [-0.3, -0.25) is 14.2 Å². The second-order valence-electron chi connectivity index (χ2n) is 16.8. The molecule has 0 saturated heterocycles. The summed E-state index contributed by atoms with van der Waals surface area (Å²) in [5.74, 6) is -0.698. The summed E-state index contributed by atoms with van der Waals surface area (Å²) >= 11 is 1.92. The topological polar surface area (TPSA) is 145 Å². The molecule has 0 spiro atoms. The first-order valence-electron chi connectivity index (χ1n) is 22.1. The van der Waals surface area contributed by atoms with Gasteiger partial charge >= 0.3 is 23.8 Å². The number of phosphoric acid groups is 1. The van der Waals surface area contributed by atoms with Gasteiger partial charge in [0.2, 0.25) is 0 Å². The fourth-order valence-electron chi connectivity index (χ4n) is 6.39. The maximum absolute atomic E-state index is 13.3. The molecule has 2 rings (SSSR count). The van der Waals surface area contributed by atoms with Crippen molar-refractivity contribution in [1.82, 2.24) is 0 Å². The summed E-state index contributed by atoms with van der Waals surface area (Å²) in [6.45, 7) is 2.59. The van der Waals surface area contributed by atoms with Crippen molar-refractivity contribution in [3.8, 4) is 0 Å². The molecule has 1 aliphatic heterocycles. The highest BCUT2D eigenvalue weighted by Gasteiger charge is 2.65. The van der Waals surface area contributed by atoms with Gasteiger partial charge < -0.3 is 32.6 Å². The van der Waals surface area contributed by atoms with E-state index in [1.165, 1.54) is 82.4 Å². The van der Waals surface area contributed by atoms with Crippen LogP contribution in [0.5, 0.6) is 0 Å². The maximum atomic E-state index is 13.3. The molecule has 0 amide bonds. The van der Waals surface area contributed by atoms with Gasteiger partial charge in [-0.1, -0.05) is 128 Å². The highest BCUT2D eigenvalue weighted by Crippen LogP contribution is 2.52. The van der Waals surface area contributed by atoms with Crippen molar-refractivity contribution >= 4 is 42.4 Å². The first-order chi connectivity index (χ1) is 28.5. The van der Waals surface area contributed by atoms with E-state index < -0.39 is 25.8 Å². The molecule has 0 N–H and O–H groups in total. The minimum absolute atomic E-state index is 0.0166. The molecule has 1 heterocycles. The molecule has 1 aliphatic rings. The molecule has 60 heavy (non-hydrogen) atoms. The first kappa shape index (κ1) is 54.4. The van der Waals surface area contributed by atoms with Crippen LogP contribution in [0.25, 0.3) is 0 Å². The van der Waals surface area contributed by atoms with Gasteiger partial charge in [0.15, 0.2) is 0 Å². The summed E-state index contributed by atoms with van der Waals surface area (Å²) in [6.07, 6.45) is 17.0. The van der Waals surface area contributed by atoms with E-state index in [0.29, 0.717) is 39.6 Å². The zero-order valence-electron chi connectivity index (χ0n) is 36.6. The third kappa shape index (κ3) is 24.8. The van der Waals surface area contributed by atoms with Gasteiger partial charge in [0, 0.05) is 34.1 Å². The van der Waals surface area contributed by atoms with E-state index in [-0.39, 0.29) is 50.4 Å². The molecule has 0 bridgehead atoms. The molecule has 0 radical (unpaired) electrons. The molecule has 0 aliphatic carbocycles. The van der Waals surface area contributed by atoms with Gasteiger partial charge in [-0.2, -0.15) is 13.2 Å². The molecule has 2 atom stereocenters. The second-order valence-corrected chi connectivity index (χ2v) is 19.4. The number of benzene rings is 1. The van der Waals surface area contributed by atoms with Crippen LogP contribution in [0.1, 0.15) is 159 Å². The SMILES string of the molecule is CCCCCCCCCCCCCCCC(=O)OC[C@H](COP(=O)([O-])OCC[N+](C)(C)C)OCCCCCCCCCC(=O)OCc1ccc(C2(C(F)(F)F)N=N2)cc1[125I]. The molecule has 17 heteroatoms. The predicted octanol–water partition coefficient (Wildman–Crippen LogP) is 11.3. The van der Waals surface area contributed by atoms with Crippen molar-refractivity contribution in [3.05, 3.63) is 32.9 Å². The summed E-state index contributed by atoms with van der Waals surface area (Å²) in [5, 5.41) is 6.45. The first-order valence-corrected chi connectivity index (χ1v) is 24.6. The van der Waals surface area contributed by atoms with Crippen molar-refractivity contribution < 1.29 is 60.0 Å². The average molecular weight is 988 g/mol. The van der Waals surface area contributed by atoms with E-state index in [1.54, 1.807) is 0 Å². The Hall–Kier alpha value is -1.69. The van der Waals surface area contributed by atoms with Crippen LogP contribution in [0.4, 0.5) is 13.2 Å². The molecule has 1 aromatic carbocycles. The van der Waals surface area contributed by atoms with E-state index in [9.17, 15) is 32.2 Å². The average Bonchev–Trinajstić information content (AvgIpc) is 4.00. The summed E-state index contributed by atoms with van der Waals surface area (Å²) in [7, 11) is 1.21. The fraction of sp³-hybridized carbons (Fsp3) is 0.814. The number of rotatable bonds is 37. The number of phosphoric ester groups is 1. The largest absolute Gasteiger partial charge is 0.756 e. The van der Waals surface area contributed by atoms with Gasteiger partial charge in [0.1, 0.15) is 32.5 Å². The lowest BCUT2D eigenvalue weighted by molar-refractivity contribution is -0.870. The maximum Gasteiger partial charge on any atom is 0.442 e. The van der Waals surface area contributed by atoms with E-state index in [2.05, 4.69) is 17.2 Å². The number of hydrogen-bond acceptors (Lipinski definition) is 11. The Morgan fingerprint density at radius 2 is 1.25 bits per heavy atom. The van der Waals surface area contributed by atoms with Crippen LogP contribution in [0.3, 0.4) is 0 Å². The van der Waals surface area contributed by atoms with Gasteiger partial charge in [-0.25, -0.2) is 0 Å². The van der Waals surface area contributed by atoms with Crippen LogP contribution < -0.4 is 4.89 Å². The molecule has 0 saturated carbocycles. The van der Waals surface area contributed by atoms with Crippen LogP contribution in [0.15, 0.2) is 28.4 Å². The van der Waals surface area contributed by atoms with Crippen molar-refractivity contribution in [3.63, 3.8) is 0 Å². The summed E-state index contributed by atoms with van der Waals surface area (Å²) in [6, 6.07) is 4.19. The Kier molecular flexibility index (Phi) is 26.9. The Morgan fingerprint density at radius 1 is 0.750 bits per heavy atom. The van der Waals surface area contributed by atoms with Gasteiger partial charge in [0.05, 0.1) is 27.7 Å². The zero-order chi connectivity index (χ0) is 44.3. The van der Waals surface area contributed by atoms with Gasteiger partial charge in [-0.15, -0.1) is 10.2 Å². The van der Waals surface area contributed by atoms with E-state index >= 15 is 0 Å². The van der Waals surface area contributed by atoms with E-state index in [1.807, 2.05) is 43.7 Å². The molecule has 1 aromatic rings. The summed E-state index contributed by atoms with van der Waals surface area (Å²) in [4.78, 5) is 37.2. The van der Waals surface area contributed by atoms with Crippen LogP contribution >= 0.6 is 30.4 Å². The number of unbranched alkanes of at least 4 members (excludes halogenated alkanes) is 18. The lowest BCUT2D eigenvalue weighted by Crippen LogP contribution is -2.37. The normalized spacial score (nSPS) is 15.2. The number of carbonyl (C=O) groups is 2. The van der Waals surface area contributed by atoms with Crippen molar-refractivity contribution in [2.75, 3.05) is 54.1 Å². The molecular formula is C43H72F3IN3O9P. The van der Waals surface area contributed by atoms with E-state index in [0.717, 1.165) is 57.8 Å². The quantitative estimate of drug-likeness (QED) is 0.0209. The molecule has 0 aromatic heterocycles. The zero-order valence-corrected chi connectivity index (χ0v) is 39.6. The van der Waals surface area contributed by atoms with Gasteiger partial charge in [0.25, 0.3) is 7.82 Å². The smallest absolute Gasteiger partial charge is 0.442 e. The molecule has 0 fully saturated rings. The molecular weight excluding hydrogens is 915 g/mol. The third-order valence-corrected chi connectivity index (χ3v) is 12.2. The molecule has 12 nitrogen and oxygen atoms in total. The molecule has 1 unspecified atom stereocenters. The lowest BCUT2D eigenvalue weighted by atomic mass is 10.0. The predicted molar refractivity (Wildman–Crippen MR) is 232 cm³/mol. The second kappa shape index (κ2) is 29.6. The fourth-order valence-corrected chi connectivity index (χ4v) is 7.79. The Bertz CT molecular complexity index is 1440. The Morgan fingerprint density at radius 3 is 1.73 bits per heavy atom. The van der Waals surface area contributed by atoms with Crippen LogP contribution in [0, 0.1) is 3.57 Å². The number of alkyl halides is 3. The lowest BCUT2D eigenvalue weighted by Gasteiger charge is -2.28. The van der Waals surface area contributed by atoms with Crippen LogP contribution in [-0.2, 0) is 49.7 Å². The van der Waals surface area contributed by atoms with Crippen LogP contribution in [0.2, 0.25) is 0 Å². The number of likely N-dealkylation sites (N-methyl/N-ethyl adjacent to an activating group) is 1. The van der Waals surface area contributed by atoms with E-state index in [4.69, 9.17) is 23.3 Å². The third-order valence-electron chi connectivity index (χ3n) is 10.3. The Balaban J connectivity index is 1.60. The van der Waals surface area contributed by atoms with Gasteiger partial charge in [-0.05, 0) is 47.9 Å². The van der Waals surface area contributed by atoms with Crippen LogP contribution in [-0.4, -0.2) is 82.8 Å². The Labute approximate surface area is 370 Å². The minimum atomic E-state index is -4.60. The monoisotopic (exact) mass is 987 g/mol. The highest BCUT2D eigenvalue weighted by molar-refractivity contribution is 14.1. The summed E-state index contributed by atoms with van der Waals surface area (Å²) in [5.41, 5.74) is -1.93. The number of hydrogen-bond donors (Lipinski definition) is 0. The number of carbonyl (C=O) groups excluding carboxylic acids is 2. The molecule has 346 valence electrons.